The number of benzene rings is 1. The minimum Gasteiger partial charge on any atom is -0.507 e. The van der Waals surface area contributed by atoms with E-state index < -0.39 is 11.7 Å². The number of carbonyl (C=O) groups excluding carboxylic acids is 1. The van der Waals surface area contributed by atoms with Crippen molar-refractivity contribution in [3.8, 4) is 11.5 Å². The monoisotopic (exact) mass is 276 g/mol. The van der Waals surface area contributed by atoms with Crippen molar-refractivity contribution in [1.29, 1.82) is 0 Å². The molecule has 5 nitrogen and oxygen atoms in total. The Labute approximate surface area is 116 Å². The van der Waals surface area contributed by atoms with Gasteiger partial charge < -0.3 is 20.1 Å². The average Bonchev–Trinajstić information content (AvgIpc) is 2.40. The lowest BCUT2D eigenvalue weighted by molar-refractivity contribution is -0.0285. The minimum absolute atomic E-state index is 0.0972. The predicted molar refractivity (Wildman–Crippen MR) is 70.7 cm³/mol. The van der Waals surface area contributed by atoms with Gasteiger partial charge in [-0.2, -0.15) is 0 Å². The van der Waals surface area contributed by atoms with Crippen LogP contribution in [-0.2, 0) is 6.61 Å². The van der Waals surface area contributed by atoms with Gasteiger partial charge in [-0.05, 0) is 37.5 Å². The van der Waals surface area contributed by atoms with E-state index >= 15 is 0 Å². The normalized spacial score (nSPS) is 28.2. The fraction of sp³-hybridized carbons (Fsp3) is 0.400. The van der Waals surface area contributed by atoms with Gasteiger partial charge in [-0.25, -0.2) is 0 Å². The largest absolute Gasteiger partial charge is 0.507 e. The molecule has 1 aliphatic carbocycles. The summed E-state index contributed by atoms with van der Waals surface area (Å²) in [6.07, 6.45) is 2.11. The first-order chi connectivity index (χ1) is 9.47. The number of allylic oxidation sites excluding steroid dienone is 1. The van der Waals surface area contributed by atoms with Crippen molar-refractivity contribution in [2.75, 3.05) is 0 Å². The number of aliphatic hydroxyl groups excluding tert-OH is 2. The first kappa shape index (κ1) is 13.1. The molecule has 2 aliphatic rings. The van der Waals surface area contributed by atoms with E-state index in [4.69, 9.17) is 9.84 Å². The SMILES string of the molecule is CC12Oc3cc(CO)cc(O)c3C(=O)C1=CCCC2O. The first-order valence-electron chi connectivity index (χ1n) is 6.56. The fourth-order valence-electron chi connectivity index (χ4n) is 2.90. The third-order valence-electron chi connectivity index (χ3n) is 4.08. The molecule has 0 saturated heterocycles. The van der Waals surface area contributed by atoms with Crippen molar-refractivity contribution in [3.63, 3.8) is 0 Å². The van der Waals surface area contributed by atoms with Gasteiger partial charge in [0.2, 0.25) is 0 Å². The molecular formula is C15H16O5. The summed E-state index contributed by atoms with van der Waals surface area (Å²) in [6.45, 7) is 1.41. The molecule has 1 aromatic carbocycles. The number of ether oxygens (including phenoxy) is 1. The van der Waals surface area contributed by atoms with Gasteiger partial charge in [-0.3, -0.25) is 4.79 Å². The molecule has 20 heavy (non-hydrogen) atoms. The molecule has 0 spiro atoms. The number of aromatic hydroxyl groups is 1. The molecule has 0 radical (unpaired) electrons. The van der Waals surface area contributed by atoms with Gasteiger partial charge in [0, 0.05) is 5.57 Å². The van der Waals surface area contributed by atoms with Gasteiger partial charge in [0.25, 0.3) is 0 Å². The summed E-state index contributed by atoms with van der Waals surface area (Å²) in [5, 5.41) is 29.3. The first-order valence-corrected chi connectivity index (χ1v) is 6.56. The van der Waals surface area contributed by atoms with E-state index in [2.05, 4.69) is 0 Å². The summed E-state index contributed by atoms with van der Waals surface area (Å²) in [5.74, 6) is -0.325. The van der Waals surface area contributed by atoms with E-state index in [1.807, 2.05) is 0 Å². The zero-order chi connectivity index (χ0) is 14.5. The molecule has 0 bridgehead atoms. The number of hydrogen-bond acceptors (Lipinski definition) is 5. The van der Waals surface area contributed by atoms with Crippen LogP contribution in [0.15, 0.2) is 23.8 Å². The maximum atomic E-state index is 12.5. The van der Waals surface area contributed by atoms with Gasteiger partial charge in [0.1, 0.15) is 17.1 Å². The highest BCUT2D eigenvalue weighted by Crippen LogP contribution is 2.45. The van der Waals surface area contributed by atoms with Crippen molar-refractivity contribution >= 4 is 5.78 Å². The Balaban J connectivity index is 2.20. The lowest BCUT2D eigenvalue weighted by Gasteiger charge is -2.42. The van der Waals surface area contributed by atoms with E-state index in [0.717, 1.165) is 0 Å². The van der Waals surface area contributed by atoms with Crippen LogP contribution in [-0.4, -0.2) is 32.8 Å². The second-order valence-electron chi connectivity index (χ2n) is 5.40. The molecule has 2 atom stereocenters. The number of aliphatic hydroxyl groups is 2. The zero-order valence-corrected chi connectivity index (χ0v) is 11.1. The topological polar surface area (TPSA) is 87.0 Å². The van der Waals surface area contributed by atoms with E-state index in [1.165, 1.54) is 12.1 Å². The molecule has 1 aliphatic heterocycles. The third-order valence-corrected chi connectivity index (χ3v) is 4.08. The molecule has 3 N–H and O–H groups in total. The lowest BCUT2D eigenvalue weighted by atomic mass is 9.76. The van der Waals surface area contributed by atoms with Crippen molar-refractivity contribution in [2.24, 2.45) is 0 Å². The lowest BCUT2D eigenvalue weighted by Crippen LogP contribution is -2.52. The van der Waals surface area contributed by atoms with Crippen LogP contribution in [0.2, 0.25) is 0 Å². The molecule has 106 valence electrons. The number of ketones is 1. The molecule has 1 heterocycles. The van der Waals surface area contributed by atoms with Crippen molar-refractivity contribution in [2.45, 2.75) is 38.1 Å². The second-order valence-corrected chi connectivity index (χ2v) is 5.40. The molecule has 0 amide bonds. The van der Waals surface area contributed by atoms with E-state index in [1.54, 1.807) is 13.0 Å². The van der Waals surface area contributed by atoms with E-state index in [9.17, 15) is 15.0 Å². The fourth-order valence-corrected chi connectivity index (χ4v) is 2.90. The summed E-state index contributed by atoms with van der Waals surface area (Å²) in [5.41, 5.74) is -0.158. The highest BCUT2D eigenvalue weighted by atomic mass is 16.5. The Morgan fingerprint density at radius 2 is 2.20 bits per heavy atom. The third kappa shape index (κ3) is 1.67. The van der Waals surface area contributed by atoms with Gasteiger partial charge in [0.15, 0.2) is 11.4 Å². The zero-order valence-electron chi connectivity index (χ0n) is 11.1. The predicted octanol–water partition coefficient (Wildman–Crippen LogP) is 1.30. The number of phenolic OH excluding ortho intramolecular Hbond substituents is 1. The second kappa shape index (κ2) is 4.33. The molecule has 0 aromatic heterocycles. The maximum absolute atomic E-state index is 12.5. The van der Waals surface area contributed by atoms with Gasteiger partial charge >= 0.3 is 0 Å². The van der Waals surface area contributed by atoms with E-state index in [-0.39, 0.29) is 29.5 Å². The molecule has 0 fully saturated rings. The standard InChI is InChI=1S/C15H16O5/c1-15-9(3-2-4-12(15)18)14(19)13-10(17)5-8(7-16)6-11(13)20-15/h3,5-6,12,16-18H,2,4,7H2,1H3. The van der Waals surface area contributed by atoms with Crippen LogP contribution in [0.4, 0.5) is 0 Å². The number of fused-ring (bicyclic) bond motifs is 2. The number of phenols is 1. The van der Waals surface area contributed by atoms with Gasteiger partial charge in [-0.1, -0.05) is 6.08 Å². The summed E-state index contributed by atoms with van der Waals surface area (Å²) < 4.78 is 5.82. The highest BCUT2D eigenvalue weighted by Gasteiger charge is 2.49. The molecule has 1 aromatic rings. The minimum atomic E-state index is -1.09. The van der Waals surface area contributed by atoms with Crippen molar-refractivity contribution in [3.05, 3.63) is 34.9 Å². The Morgan fingerprint density at radius 1 is 1.45 bits per heavy atom. The van der Waals surface area contributed by atoms with Crippen molar-refractivity contribution in [1.82, 2.24) is 0 Å². The highest BCUT2D eigenvalue weighted by molar-refractivity contribution is 6.14. The number of hydrogen-bond donors (Lipinski definition) is 3. The van der Waals surface area contributed by atoms with Gasteiger partial charge in [0.05, 0.1) is 12.7 Å². The number of Topliss-reactive ketones (excluding diaryl/α,β-unsaturated/α-hetero) is 1. The summed E-state index contributed by atoms with van der Waals surface area (Å²) in [4.78, 5) is 12.5. The molecule has 5 heteroatoms. The Morgan fingerprint density at radius 3 is 2.90 bits per heavy atom. The molecule has 0 saturated carbocycles. The van der Waals surface area contributed by atoms with Crippen LogP contribution in [0.25, 0.3) is 0 Å². The average molecular weight is 276 g/mol. The van der Waals surface area contributed by atoms with Crippen LogP contribution in [0.1, 0.15) is 35.7 Å². The maximum Gasteiger partial charge on any atom is 0.200 e. The summed E-state index contributed by atoms with van der Waals surface area (Å²) in [7, 11) is 0. The molecule has 2 unspecified atom stereocenters. The van der Waals surface area contributed by atoms with Crippen LogP contribution >= 0.6 is 0 Å². The van der Waals surface area contributed by atoms with Crippen molar-refractivity contribution < 1.29 is 24.9 Å². The quantitative estimate of drug-likeness (QED) is 0.719. The van der Waals surface area contributed by atoms with E-state index in [0.29, 0.717) is 24.0 Å². The summed E-state index contributed by atoms with van der Waals surface area (Å²) in [6, 6.07) is 2.87. The Bertz CT molecular complexity index is 619. The van der Waals surface area contributed by atoms with Crippen LogP contribution in [0, 0.1) is 0 Å². The molecular weight excluding hydrogens is 260 g/mol. The number of carbonyl (C=O) groups is 1. The Kier molecular flexibility index (Phi) is 2.84. The molecule has 3 rings (SSSR count). The summed E-state index contributed by atoms with van der Waals surface area (Å²) >= 11 is 0. The van der Waals surface area contributed by atoms with Gasteiger partial charge in [-0.15, -0.1) is 0 Å². The van der Waals surface area contributed by atoms with Crippen LogP contribution < -0.4 is 4.74 Å². The smallest absolute Gasteiger partial charge is 0.200 e. The van der Waals surface area contributed by atoms with Crippen LogP contribution in [0.3, 0.4) is 0 Å². The van der Waals surface area contributed by atoms with Crippen LogP contribution in [0.5, 0.6) is 11.5 Å². The number of rotatable bonds is 1. The Hall–Kier alpha value is -1.85.